The molecule has 0 aromatic heterocycles. The third-order valence-corrected chi connectivity index (χ3v) is 5.21. The minimum absolute atomic E-state index is 0.0740. The van der Waals surface area contributed by atoms with Crippen molar-refractivity contribution in [2.24, 2.45) is 0 Å². The van der Waals surface area contributed by atoms with Crippen LogP contribution in [0.5, 0.6) is 0 Å². The Morgan fingerprint density at radius 2 is 1.81 bits per heavy atom. The first-order chi connectivity index (χ1) is 15.3. The molecule has 3 N–H and O–H groups in total. The molecule has 1 fully saturated rings. The maximum Gasteiger partial charge on any atom is 0.337 e. The summed E-state index contributed by atoms with van der Waals surface area (Å²) in [4.78, 5) is 62.4. The number of esters is 2. The predicted octanol–water partition coefficient (Wildman–Crippen LogP) is 0.517. The molecule has 1 unspecified atom stereocenters. The van der Waals surface area contributed by atoms with Gasteiger partial charge in [0, 0.05) is 0 Å². The van der Waals surface area contributed by atoms with Crippen LogP contribution in [0.3, 0.4) is 0 Å². The van der Waals surface area contributed by atoms with Gasteiger partial charge in [-0.3, -0.25) is 14.5 Å². The molecule has 5 amide bonds. The summed E-state index contributed by atoms with van der Waals surface area (Å²) in [6.45, 7) is 2.40. The van der Waals surface area contributed by atoms with Crippen LogP contribution >= 0.6 is 0 Å². The minimum Gasteiger partial charge on any atom is -0.463 e. The molecule has 11 heteroatoms. The SMILES string of the molecule is CCOC(=O)C1=C(COC(=O)CN2C(=O)NC(CC)(c3ccccc3)C2=O)NC(=O)NC1. The van der Waals surface area contributed by atoms with Gasteiger partial charge in [-0.25, -0.2) is 14.4 Å². The molecule has 1 aromatic carbocycles. The smallest absolute Gasteiger partial charge is 0.337 e. The normalized spacial score (nSPS) is 20.4. The van der Waals surface area contributed by atoms with Crippen LogP contribution in [0, 0.1) is 0 Å². The van der Waals surface area contributed by atoms with Gasteiger partial charge in [-0.05, 0) is 18.9 Å². The van der Waals surface area contributed by atoms with Gasteiger partial charge in [0.2, 0.25) is 0 Å². The van der Waals surface area contributed by atoms with Crippen LogP contribution in [0.1, 0.15) is 25.8 Å². The standard InChI is InChI=1S/C21H24N4O7/c1-3-21(13-8-6-5-7-9-13)18(28)25(20(30)24-21)11-16(26)32-12-15-14(17(27)31-4-2)10-22-19(29)23-15/h5-9H,3-4,10-12H2,1-2H3,(H,24,30)(H2,22,23,29). The highest BCUT2D eigenvalue weighted by atomic mass is 16.5. The van der Waals surface area contributed by atoms with Gasteiger partial charge in [-0.15, -0.1) is 0 Å². The second-order valence-electron chi connectivity index (χ2n) is 7.09. The molecule has 1 atom stereocenters. The molecule has 1 aromatic rings. The Balaban J connectivity index is 1.69. The summed E-state index contributed by atoms with van der Waals surface area (Å²) in [5, 5.41) is 7.52. The quantitative estimate of drug-likeness (QED) is 0.392. The third kappa shape index (κ3) is 4.41. The van der Waals surface area contributed by atoms with E-state index in [9.17, 15) is 24.0 Å². The van der Waals surface area contributed by atoms with Gasteiger partial charge in [0.15, 0.2) is 0 Å². The Morgan fingerprint density at radius 3 is 2.47 bits per heavy atom. The molecule has 1 saturated heterocycles. The lowest BCUT2D eigenvalue weighted by atomic mass is 9.87. The van der Waals surface area contributed by atoms with Crippen molar-refractivity contribution >= 4 is 29.9 Å². The number of imide groups is 1. The number of hydrogen-bond donors (Lipinski definition) is 3. The molecular weight excluding hydrogens is 420 g/mol. The van der Waals surface area contributed by atoms with E-state index in [4.69, 9.17) is 9.47 Å². The Labute approximate surface area is 184 Å². The topological polar surface area (TPSA) is 143 Å². The summed E-state index contributed by atoms with van der Waals surface area (Å²) in [6, 6.07) is 7.49. The average molecular weight is 444 g/mol. The molecule has 2 aliphatic heterocycles. The first-order valence-electron chi connectivity index (χ1n) is 10.1. The van der Waals surface area contributed by atoms with Crippen LogP contribution in [-0.4, -0.2) is 61.1 Å². The molecule has 0 spiro atoms. The Hall–Kier alpha value is -3.89. The average Bonchev–Trinajstić information content (AvgIpc) is 3.03. The maximum absolute atomic E-state index is 13.1. The van der Waals surface area contributed by atoms with Crippen LogP contribution < -0.4 is 16.0 Å². The maximum atomic E-state index is 13.1. The van der Waals surface area contributed by atoms with Crippen molar-refractivity contribution in [1.29, 1.82) is 0 Å². The molecule has 0 aliphatic carbocycles. The molecule has 32 heavy (non-hydrogen) atoms. The summed E-state index contributed by atoms with van der Waals surface area (Å²) in [7, 11) is 0. The lowest BCUT2D eigenvalue weighted by Gasteiger charge is -2.25. The zero-order chi connectivity index (χ0) is 23.3. The van der Waals surface area contributed by atoms with Crippen LogP contribution in [0.15, 0.2) is 41.6 Å². The van der Waals surface area contributed by atoms with E-state index >= 15 is 0 Å². The number of amides is 5. The summed E-state index contributed by atoms with van der Waals surface area (Å²) in [5.41, 5.74) is -0.465. The van der Waals surface area contributed by atoms with Crippen molar-refractivity contribution in [3.05, 3.63) is 47.2 Å². The molecule has 11 nitrogen and oxygen atoms in total. The zero-order valence-corrected chi connectivity index (χ0v) is 17.7. The van der Waals surface area contributed by atoms with Crippen molar-refractivity contribution in [2.45, 2.75) is 25.8 Å². The second kappa shape index (κ2) is 9.50. The zero-order valence-electron chi connectivity index (χ0n) is 17.7. The van der Waals surface area contributed by atoms with Gasteiger partial charge in [0.05, 0.1) is 24.4 Å². The van der Waals surface area contributed by atoms with Crippen LogP contribution in [0.2, 0.25) is 0 Å². The highest BCUT2D eigenvalue weighted by Gasteiger charge is 2.51. The number of nitrogens with one attached hydrogen (secondary N) is 3. The van der Waals surface area contributed by atoms with Crippen molar-refractivity contribution in [2.75, 3.05) is 26.3 Å². The number of nitrogens with zero attached hydrogens (tertiary/aromatic N) is 1. The molecule has 0 saturated carbocycles. The second-order valence-corrected chi connectivity index (χ2v) is 7.09. The van der Waals surface area contributed by atoms with Gasteiger partial charge in [-0.1, -0.05) is 37.3 Å². The molecule has 2 heterocycles. The van der Waals surface area contributed by atoms with Crippen LogP contribution in [0.4, 0.5) is 9.59 Å². The van der Waals surface area contributed by atoms with Crippen molar-refractivity contribution in [3.8, 4) is 0 Å². The molecular formula is C21H24N4O7. The van der Waals surface area contributed by atoms with Crippen molar-refractivity contribution in [3.63, 3.8) is 0 Å². The number of rotatable bonds is 8. The molecule has 3 rings (SSSR count). The minimum atomic E-state index is -1.26. The van der Waals surface area contributed by atoms with Gasteiger partial charge in [0.25, 0.3) is 5.91 Å². The summed E-state index contributed by atoms with van der Waals surface area (Å²) >= 11 is 0. The molecule has 0 radical (unpaired) electrons. The lowest BCUT2D eigenvalue weighted by Crippen LogP contribution is -2.45. The van der Waals surface area contributed by atoms with E-state index in [0.717, 1.165) is 4.90 Å². The molecule has 0 bridgehead atoms. The Kier molecular flexibility index (Phi) is 6.76. The number of urea groups is 2. The fourth-order valence-corrected chi connectivity index (χ4v) is 3.53. The van der Waals surface area contributed by atoms with Gasteiger partial charge in [-0.2, -0.15) is 0 Å². The first-order valence-corrected chi connectivity index (χ1v) is 10.1. The van der Waals surface area contributed by atoms with Crippen molar-refractivity contribution in [1.82, 2.24) is 20.9 Å². The van der Waals surface area contributed by atoms with E-state index in [2.05, 4.69) is 16.0 Å². The van der Waals surface area contributed by atoms with Crippen LogP contribution in [0.25, 0.3) is 0 Å². The Bertz CT molecular complexity index is 976. The Morgan fingerprint density at radius 1 is 1.09 bits per heavy atom. The van der Waals surface area contributed by atoms with Crippen LogP contribution in [-0.2, 0) is 29.4 Å². The number of hydrogen-bond acceptors (Lipinski definition) is 7. The van der Waals surface area contributed by atoms with E-state index < -0.39 is 48.6 Å². The lowest BCUT2D eigenvalue weighted by molar-refractivity contribution is -0.147. The largest absolute Gasteiger partial charge is 0.463 e. The summed E-state index contributed by atoms with van der Waals surface area (Å²) < 4.78 is 10.1. The van der Waals surface area contributed by atoms with E-state index in [0.29, 0.717) is 12.0 Å². The fourth-order valence-electron chi connectivity index (χ4n) is 3.53. The first kappa shape index (κ1) is 22.8. The van der Waals surface area contributed by atoms with E-state index in [-0.39, 0.29) is 24.4 Å². The van der Waals surface area contributed by atoms with E-state index in [1.807, 2.05) is 0 Å². The van der Waals surface area contributed by atoms with Gasteiger partial charge < -0.3 is 25.4 Å². The monoisotopic (exact) mass is 444 g/mol. The van der Waals surface area contributed by atoms with Crippen molar-refractivity contribution < 1.29 is 33.4 Å². The highest BCUT2D eigenvalue weighted by Crippen LogP contribution is 2.32. The summed E-state index contributed by atoms with van der Waals surface area (Å²) in [5.74, 6) is -2.09. The highest BCUT2D eigenvalue weighted by molar-refractivity contribution is 6.09. The number of carbonyl (C=O) groups is 5. The molecule has 2 aliphatic rings. The predicted molar refractivity (Wildman–Crippen MR) is 110 cm³/mol. The fraction of sp³-hybridized carbons (Fsp3) is 0.381. The third-order valence-electron chi connectivity index (χ3n) is 5.21. The van der Waals surface area contributed by atoms with E-state index in [1.54, 1.807) is 44.2 Å². The van der Waals surface area contributed by atoms with E-state index in [1.165, 1.54) is 0 Å². The number of ether oxygens (including phenoxy) is 2. The molecule has 170 valence electrons. The number of benzene rings is 1. The van der Waals surface area contributed by atoms with Gasteiger partial charge in [0.1, 0.15) is 18.7 Å². The van der Waals surface area contributed by atoms with Gasteiger partial charge >= 0.3 is 24.0 Å². The number of carbonyl (C=O) groups excluding carboxylic acids is 5. The summed E-state index contributed by atoms with van der Waals surface area (Å²) in [6.07, 6.45) is 0.294.